The topological polar surface area (TPSA) is 45.2 Å². The Morgan fingerprint density at radius 3 is 2.89 bits per heavy atom. The predicted molar refractivity (Wildman–Crippen MR) is 75.5 cm³/mol. The number of aromatic amines is 1. The molecule has 0 aliphatic heterocycles. The van der Waals surface area contributed by atoms with Crippen molar-refractivity contribution in [3.8, 4) is 11.5 Å². The molecular weight excluding hydrogens is 238 g/mol. The molecule has 0 aliphatic rings. The van der Waals surface area contributed by atoms with Crippen LogP contribution in [0.3, 0.4) is 0 Å². The number of rotatable bonds is 3. The molecule has 0 aliphatic carbocycles. The van der Waals surface area contributed by atoms with E-state index in [1.807, 2.05) is 43.5 Å². The number of hydrogen-bond acceptors (Lipinski definition) is 2. The summed E-state index contributed by atoms with van der Waals surface area (Å²) < 4.78 is 5.79. The van der Waals surface area contributed by atoms with Gasteiger partial charge in [0.25, 0.3) is 0 Å². The molecule has 1 heterocycles. The van der Waals surface area contributed by atoms with Crippen LogP contribution in [0.4, 0.5) is 0 Å². The summed E-state index contributed by atoms with van der Waals surface area (Å²) in [4.78, 5) is 3.14. The summed E-state index contributed by atoms with van der Waals surface area (Å²) in [6.07, 6.45) is 1.92. The number of phenols is 1. The molecule has 1 aromatic heterocycles. The maximum Gasteiger partial charge on any atom is 0.120 e. The Bertz CT molecular complexity index is 716. The van der Waals surface area contributed by atoms with Crippen molar-refractivity contribution in [3.63, 3.8) is 0 Å². The fraction of sp³-hybridized carbons (Fsp3) is 0.125. The van der Waals surface area contributed by atoms with Crippen LogP contribution < -0.4 is 4.74 Å². The number of phenolic OH excluding ortho intramolecular Hbond substituents is 1. The molecule has 2 N–H and O–H groups in total. The van der Waals surface area contributed by atoms with Gasteiger partial charge in [0.2, 0.25) is 0 Å². The van der Waals surface area contributed by atoms with Crippen LogP contribution in [0.25, 0.3) is 10.9 Å². The summed E-state index contributed by atoms with van der Waals surface area (Å²) in [6.45, 7) is 2.55. The van der Waals surface area contributed by atoms with Crippen LogP contribution in [0.1, 0.15) is 11.1 Å². The number of aryl methyl sites for hydroxylation is 1. The second-order valence-electron chi connectivity index (χ2n) is 4.65. The summed E-state index contributed by atoms with van der Waals surface area (Å²) in [7, 11) is 0. The van der Waals surface area contributed by atoms with Crippen LogP contribution in [0.5, 0.6) is 11.5 Å². The Labute approximate surface area is 111 Å². The molecule has 96 valence electrons. The Kier molecular flexibility index (Phi) is 2.88. The standard InChI is InChI=1S/C16H15NO2/c1-11-3-2-4-14(7-11)19-10-12-9-17-16-8-13(18)5-6-15(12)16/h2-9,17-18H,10H2,1H3. The Morgan fingerprint density at radius 2 is 2.05 bits per heavy atom. The van der Waals surface area contributed by atoms with E-state index in [0.29, 0.717) is 6.61 Å². The first-order valence-electron chi connectivity index (χ1n) is 6.21. The van der Waals surface area contributed by atoms with Gasteiger partial charge in [-0.3, -0.25) is 0 Å². The molecule has 0 bridgehead atoms. The zero-order chi connectivity index (χ0) is 13.2. The van der Waals surface area contributed by atoms with Gasteiger partial charge in [0.1, 0.15) is 18.1 Å². The van der Waals surface area contributed by atoms with E-state index in [-0.39, 0.29) is 5.75 Å². The van der Waals surface area contributed by atoms with Gasteiger partial charge in [0.05, 0.1) is 0 Å². The third kappa shape index (κ3) is 2.40. The Hall–Kier alpha value is -2.42. The molecule has 0 radical (unpaired) electrons. The quantitative estimate of drug-likeness (QED) is 0.746. The lowest BCUT2D eigenvalue weighted by Crippen LogP contribution is -1.94. The maximum absolute atomic E-state index is 9.43. The molecule has 0 spiro atoms. The van der Waals surface area contributed by atoms with Crippen LogP contribution in [0.15, 0.2) is 48.7 Å². The van der Waals surface area contributed by atoms with E-state index >= 15 is 0 Å². The van der Waals surface area contributed by atoms with Gasteiger partial charge < -0.3 is 14.8 Å². The molecule has 0 fully saturated rings. The van der Waals surface area contributed by atoms with E-state index in [4.69, 9.17) is 4.74 Å². The van der Waals surface area contributed by atoms with Crippen molar-refractivity contribution in [2.75, 3.05) is 0 Å². The van der Waals surface area contributed by atoms with Gasteiger partial charge in [-0.1, -0.05) is 12.1 Å². The van der Waals surface area contributed by atoms with Crippen molar-refractivity contribution in [1.29, 1.82) is 0 Å². The van der Waals surface area contributed by atoms with Gasteiger partial charge in [0, 0.05) is 28.7 Å². The highest BCUT2D eigenvalue weighted by Gasteiger charge is 2.05. The molecule has 0 atom stereocenters. The average Bonchev–Trinajstić information content (AvgIpc) is 2.78. The molecule has 0 unspecified atom stereocenters. The van der Waals surface area contributed by atoms with Gasteiger partial charge in [-0.25, -0.2) is 0 Å². The van der Waals surface area contributed by atoms with Crippen LogP contribution in [0, 0.1) is 6.92 Å². The predicted octanol–water partition coefficient (Wildman–Crippen LogP) is 3.76. The van der Waals surface area contributed by atoms with Crippen molar-refractivity contribution in [1.82, 2.24) is 4.98 Å². The van der Waals surface area contributed by atoms with Crippen molar-refractivity contribution in [3.05, 3.63) is 59.8 Å². The summed E-state index contributed by atoms with van der Waals surface area (Å²) >= 11 is 0. The lowest BCUT2D eigenvalue weighted by atomic mass is 10.2. The molecule has 19 heavy (non-hydrogen) atoms. The minimum absolute atomic E-state index is 0.264. The first-order chi connectivity index (χ1) is 9.22. The minimum Gasteiger partial charge on any atom is -0.508 e. The highest BCUT2D eigenvalue weighted by molar-refractivity contribution is 5.84. The first kappa shape index (κ1) is 11.7. The van der Waals surface area contributed by atoms with Crippen molar-refractivity contribution in [2.45, 2.75) is 13.5 Å². The van der Waals surface area contributed by atoms with E-state index in [1.165, 1.54) is 5.56 Å². The fourth-order valence-corrected chi connectivity index (χ4v) is 2.16. The summed E-state index contributed by atoms with van der Waals surface area (Å²) in [5.41, 5.74) is 3.18. The molecule has 0 saturated carbocycles. The monoisotopic (exact) mass is 253 g/mol. The number of aromatic nitrogens is 1. The second kappa shape index (κ2) is 4.69. The van der Waals surface area contributed by atoms with Gasteiger partial charge in [-0.05, 0) is 36.8 Å². The number of hydrogen-bond donors (Lipinski definition) is 2. The molecule has 3 rings (SSSR count). The molecule has 3 aromatic rings. The van der Waals surface area contributed by atoms with Gasteiger partial charge in [-0.2, -0.15) is 0 Å². The first-order valence-corrected chi connectivity index (χ1v) is 6.21. The van der Waals surface area contributed by atoms with E-state index < -0.39 is 0 Å². The lowest BCUT2D eigenvalue weighted by Gasteiger charge is -2.06. The smallest absolute Gasteiger partial charge is 0.120 e. The Morgan fingerprint density at radius 1 is 1.16 bits per heavy atom. The van der Waals surface area contributed by atoms with Gasteiger partial charge >= 0.3 is 0 Å². The normalized spacial score (nSPS) is 10.8. The molecule has 3 nitrogen and oxygen atoms in total. The third-order valence-corrected chi connectivity index (χ3v) is 3.13. The highest BCUT2D eigenvalue weighted by atomic mass is 16.5. The lowest BCUT2D eigenvalue weighted by molar-refractivity contribution is 0.307. The van der Waals surface area contributed by atoms with Crippen LogP contribution >= 0.6 is 0 Å². The molecular formula is C16H15NO2. The van der Waals surface area contributed by atoms with Crippen LogP contribution in [-0.4, -0.2) is 10.1 Å². The van der Waals surface area contributed by atoms with E-state index in [2.05, 4.69) is 4.98 Å². The zero-order valence-corrected chi connectivity index (χ0v) is 10.7. The Balaban J connectivity index is 1.82. The zero-order valence-electron chi connectivity index (χ0n) is 10.7. The fourth-order valence-electron chi connectivity index (χ4n) is 2.16. The van der Waals surface area contributed by atoms with Crippen molar-refractivity contribution < 1.29 is 9.84 Å². The minimum atomic E-state index is 0.264. The summed E-state index contributed by atoms with van der Waals surface area (Å²) in [6, 6.07) is 13.3. The van der Waals surface area contributed by atoms with Crippen molar-refractivity contribution >= 4 is 10.9 Å². The number of nitrogens with one attached hydrogen (secondary N) is 1. The number of fused-ring (bicyclic) bond motifs is 1. The molecule has 0 amide bonds. The third-order valence-electron chi connectivity index (χ3n) is 3.13. The number of ether oxygens (including phenoxy) is 1. The number of H-pyrrole nitrogens is 1. The maximum atomic E-state index is 9.43. The van der Waals surface area contributed by atoms with Crippen molar-refractivity contribution in [2.24, 2.45) is 0 Å². The molecule has 3 heteroatoms. The molecule has 2 aromatic carbocycles. The van der Waals surface area contributed by atoms with Gasteiger partial charge in [-0.15, -0.1) is 0 Å². The van der Waals surface area contributed by atoms with E-state index in [1.54, 1.807) is 12.1 Å². The largest absolute Gasteiger partial charge is 0.508 e. The van der Waals surface area contributed by atoms with Crippen LogP contribution in [0.2, 0.25) is 0 Å². The highest BCUT2D eigenvalue weighted by Crippen LogP contribution is 2.24. The SMILES string of the molecule is Cc1cccc(OCc2c[nH]c3cc(O)ccc23)c1. The summed E-state index contributed by atoms with van der Waals surface area (Å²) in [5.74, 6) is 1.13. The van der Waals surface area contributed by atoms with Gasteiger partial charge in [0.15, 0.2) is 0 Å². The van der Waals surface area contributed by atoms with Crippen LogP contribution in [-0.2, 0) is 6.61 Å². The van der Waals surface area contributed by atoms with E-state index in [9.17, 15) is 5.11 Å². The number of benzene rings is 2. The average molecular weight is 253 g/mol. The van der Waals surface area contributed by atoms with E-state index in [0.717, 1.165) is 22.2 Å². The molecule has 0 saturated heterocycles. The summed E-state index contributed by atoms with van der Waals surface area (Å²) in [5, 5.41) is 10.5. The number of aromatic hydroxyl groups is 1. The second-order valence-corrected chi connectivity index (χ2v) is 4.65.